The number of benzene rings is 3. The lowest BCUT2D eigenvalue weighted by molar-refractivity contribution is -0.137. The third kappa shape index (κ3) is 5.21. The third-order valence-corrected chi connectivity index (χ3v) is 6.58. The zero-order valence-electron chi connectivity index (χ0n) is 20.6. The van der Waals surface area contributed by atoms with E-state index in [2.05, 4.69) is 13.0 Å². The molecule has 1 atom stereocenters. The van der Waals surface area contributed by atoms with Gasteiger partial charge in [0.1, 0.15) is 0 Å². The highest BCUT2D eigenvalue weighted by molar-refractivity contribution is 6.03. The summed E-state index contributed by atoms with van der Waals surface area (Å²) in [5, 5.41) is 20.3. The summed E-state index contributed by atoms with van der Waals surface area (Å²) in [6.07, 6.45) is 2.85. The minimum absolute atomic E-state index is 0.0557. The second-order valence-corrected chi connectivity index (χ2v) is 9.15. The Kier molecular flexibility index (Phi) is 6.94. The summed E-state index contributed by atoms with van der Waals surface area (Å²) in [5.74, 6) is -1.11. The summed E-state index contributed by atoms with van der Waals surface area (Å²) in [6.45, 7) is 2.05. The lowest BCUT2D eigenvalue weighted by Gasteiger charge is -2.22. The molecule has 0 aliphatic carbocycles. The standard InChI is InChI=1S/C30H28N4O3/c1-21-11-8-9-16-24(21)30-25(20-33(32-30)23-14-6-3-7-15-23)27-19-26(22-12-4-2-5-13-22)31-34(27)28(35)17-10-18-29(36)37/h2-9,11-16,20,27H,10,17-19H2,1H3,(H,36,37)/t27-/m1/s1. The summed E-state index contributed by atoms with van der Waals surface area (Å²) in [7, 11) is 0. The quantitative estimate of drug-likeness (QED) is 0.338. The number of carbonyl (C=O) groups excluding carboxylic acids is 1. The van der Waals surface area contributed by atoms with Crippen LogP contribution in [0.2, 0.25) is 0 Å². The first-order valence-electron chi connectivity index (χ1n) is 12.4. The molecule has 3 aromatic carbocycles. The molecule has 1 aromatic heterocycles. The van der Waals surface area contributed by atoms with E-state index in [1.165, 1.54) is 5.01 Å². The number of rotatable bonds is 8. The molecule has 1 N–H and O–H groups in total. The fourth-order valence-electron chi connectivity index (χ4n) is 4.69. The molecule has 0 radical (unpaired) electrons. The number of hydrogen-bond donors (Lipinski definition) is 1. The Hall–Kier alpha value is -4.52. The summed E-state index contributed by atoms with van der Waals surface area (Å²) in [6, 6.07) is 27.4. The van der Waals surface area contributed by atoms with E-state index < -0.39 is 5.97 Å². The van der Waals surface area contributed by atoms with Crippen LogP contribution in [0.5, 0.6) is 0 Å². The Morgan fingerprint density at radius 3 is 2.30 bits per heavy atom. The monoisotopic (exact) mass is 492 g/mol. The number of nitrogens with zero attached hydrogens (tertiary/aromatic N) is 4. The molecule has 1 aliphatic heterocycles. The smallest absolute Gasteiger partial charge is 0.303 e. The predicted molar refractivity (Wildman–Crippen MR) is 142 cm³/mol. The molecule has 0 spiro atoms. The molecular formula is C30H28N4O3. The second kappa shape index (κ2) is 10.6. The summed E-state index contributed by atoms with van der Waals surface area (Å²) in [4.78, 5) is 24.4. The van der Waals surface area contributed by atoms with Crippen molar-refractivity contribution < 1.29 is 14.7 Å². The van der Waals surface area contributed by atoms with Gasteiger partial charge in [-0.15, -0.1) is 0 Å². The van der Waals surface area contributed by atoms with Crippen LogP contribution in [-0.4, -0.2) is 37.5 Å². The normalized spacial score (nSPS) is 15.0. The van der Waals surface area contributed by atoms with E-state index >= 15 is 0 Å². The van der Waals surface area contributed by atoms with Crippen molar-refractivity contribution in [1.82, 2.24) is 14.8 Å². The maximum Gasteiger partial charge on any atom is 0.303 e. The molecule has 7 heteroatoms. The molecular weight excluding hydrogens is 464 g/mol. The van der Waals surface area contributed by atoms with Crippen molar-refractivity contribution in [3.8, 4) is 16.9 Å². The van der Waals surface area contributed by atoms with Gasteiger partial charge in [0, 0.05) is 36.6 Å². The van der Waals surface area contributed by atoms with Crippen molar-refractivity contribution in [2.75, 3.05) is 0 Å². The Morgan fingerprint density at radius 1 is 0.919 bits per heavy atom. The minimum atomic E-state index is -0.912. The number of aromatic nitrogens is 2. The van der Waals surface area contributed by atoms with E-state index in [9.17, 15) is 9.59 Å². The predicted octanol–water partition coefficient (Wildman–Crippen LogP) is 5.78. The maximum absolute atomic E-state index is 13.4. The van der Waals surface area contributed by atoms with Gasteiger partial charge in [-0.2, -0.15) is 10.2 Å². The molecule has 186 valence electrons. The molecule has 37 heavy (non-hydrogen) atoms. The number of hydrazone groups is 1. The van der Waals surface area contributed by atoms with E-state index in [-0.39, 0.29) is 31.2 Å². The van der Waals surface area contributed by atoms with Gasteiger partial charge in [0.25, 0.3) is 0 Å². The average molecular weight is 493 g/mol. The fourth-order valence-corrected chi connectivity index (χ4v) is 4.69. The highest BCUT2D eigenvalue weighted by Gasteiger charge is 2.36. The van der Waals surface area contributed by atoms with E-state index in [0.717, 1.165) is 39.3 Å². The first kappa shape index (κ1) is 24.2. The van der Waals surface area contributed by atoms with Crippen molar-refractivity contribution in [2.45, 2.75) is 38.6 Å². The van der Waals surface area contributed by atoms with Crippen LogP contribution in [0.3, 0.4) is 0 Å². The SMILES string of the molecule is Cc1ccccc1-c1nn(-c2ccccc2)cc1[C@H]1CC(c2ccccc2)=NN1C(=O)CCCC(=O)O. The van der Waals surface area contributed by atoms with E-state index in [1.807, 2.05) is 89.7 Å². The van der Waals surface area contributed by atoms with Crippen LogP contribution in [0.15, 0.2) is 96.2 Å². The molecule has 1 amide bonds. The molecule has 7 nitrogen and oxygen atoms in total. The number of carboxylic acids is 1. The zero-order valence-corrected chi connectivity index (χ0v) is 20.6. The van der Waals surface area contributed by atoms with Crippen LogP contribution >= 0.6 is 0 Å². The largest absolute Gasteiger partial charge is 0.481 e. The van der Waals surface area contributed by atoms with Gasteiger partial charge in [0.15, 0.2) is 0 Å². The van der Waals surface area contributed by atoms with Gasteiger partial charge in [-0.25, -0.2) is 9.69 Å². The highest BCUT2D eigenvalue weighted by atomic mass is 16.4. The molecule has 5 rings (SSSR count). The van der Waals surface area contributed by atoms with E-state index in [1.54, 1.807) is 0 Å². The van der Waals surface area contributed by atoms with E-state index in [0.29, 0.717) is 6.42 Å². The van der Waals surface area contributed by atoms with Crippen LogP contribution in [0, 0.1) is 6.92 Å². The molecule has 2 heterocycles. The van der Waals surface area contributed by atoms with Gasteiger partial charge in [0.2, 0.25) is 5.91 Å². The maximum atomic E-state index is 13.4. The number of para-hydroxylation sites is 1. The van der Waals surface area contributed by atoms with Gasteiger partial charge >= 0.3 is 5.97 Å². The number of aryl methyl sites for hydroxylation is 1. The highest BCUT2D eigenvalue weighted by Crippen LogP contribution is 2.39. The molecule has 0 bridgehead atoms. The Morgan fingerprint density at radius 2 is 1.59 bits per heavy atom. The number of carboxylic acid groups (broad SMARTS) is 1. The molecule has 0 saturated heterocycles. The summed E-state index contributed by atoms with van der Waals surface area (Å²) < 4.78 is 1.85. The van der Waals surface area contributed by atoms with Crippen LogP contribution in [-0.2, 0) is 9.59 Å². The first-order valence-corrected chi connectivity index (χ1v) is 12.4. The molecule has 4 aromatic rings. The Bertz CT molecular complexity index is 1440. The van der Waals surface area contributed by atoms with Crippen molar-refractivity contribution in [3.05, 3.63) is 108 Å². The third-order valence-electron chi connectivity index (χ3n) is 6.58. The van der Waals surface area contributed by atoms with Crippen LogP contribution in [0.1, 0.15) is 48.4 Å². The minimum Gasteiger partial charge on any atom is -0.481 e. The Labute approximate surface area is 215 Å². The zero-order chi connectivity index (χ0) is 25.8. The van der Waals surface area contributed by atoms with Crippen molar-refractivity contribution >= 4 is 17.6 Å². The average Bonchev–Trinajstić information content (AvgIpc) is 3.55. The van der Waals surface area contributed by atoms with Gasteiger partial charge in [-0.05, 0) is 36.6 Å². The second-order valence-electron chi connectivity index (χ2n) is 9.15. The summed E-state index contributed by atoms with van der Waals surface area (Å²) >= 11 is 0. The van der Waals surface area contributed by atoms with Crippen molar-refractivity contribution in [1.29, 1.82) is 0 Å². The number of carbonyl (C=O) groups is 2. The van der Waals surface area contributed by atoms with Gasteiger partial charge in [0.05, 0.1) is 23.1 Å². The van der Waals surface area contributed by atoms with Crippen molar-refractivity contribution in [2.24, 2.45) is 5.10 Å². The number of hydrogen-bond acceptors (Lipinski definition) is 4. The van der Waals surface area contributed by atoms with Crippen LogP contribution < -0.4 is 0 Å². The molecule has 0 saturated carbocycles. The van der Waals surface area contributed by atoms with E-state index in [4.69, 9.17) is 15.3 Å². The number of amides is 1. The topological polar surface area (TPSA) is 87.8 Å². The lowest BCUT2D eigenvalue weighted by atomic mass is 9.95. The van der Waals surface area contributed by atoms with Gasteiger partial charge in [-0.1, -0.05) is 72.8 Å². The Balaban J connectivity index is 1.59. The summed E-state index contributed by atoms with van der Waals surface area (Å²) in [5.41, 5.74) is 6.49. The van der Waals surface area contributed by atoms with Crippen LogP contribution in [0.25, 0.3) is 16.9 Å². The number of aliphatic carboxylic acids is 1. The molecule has 0 fully saturated rings. The lowest BCUT2D eigenvalue weighted by Crippen LogP contribution is -2.27. The van der Waals surface area contributed by atoms with Gasteiger partial charge < -0.3 is 5.11 Å². The molecule has 1 aliphatic rings. The fraction of sp³-hybridized carbons (Fsp3) is 0.200. The first-order chi connectivity index (χ1) is 18.0. The van der Waals surface area contributed by atoms with Crippen LogP contribution in [0.4, 0.5) is 0 Å². The molecule has 0 unspecified atom stereocenters. The van der Waals surface area contributed by atoms with Crippen molar-refractivity contribution in [3.63, 3.8) is 0 Å². The van der Waals surface area contributed by atoms with Gasteiger partial charge in [-0.3, -0.25) is 9.59 Å².